The van der Waals surface area contributed by atoms with Gasteiger partial charge in [0.05, 0.1) is 5.56 Å². The quantitative estimate of drug-likeness (QED) is 0.858. The van der Waals surface area contributed by atoms with Crippen LogP contribution in [-0.2, 0) is 6.18 Å². The standard InChI is InChI=1S/C15H20F3NO/c1-10(2)14(9-19-12-5-6-12)20-13-7-3-11(4-8-13)15(16,17)18/h3-4,7-8,10,12,14,19H,5-6,9H2,1-2H3. The van der Waals surface area contributed by atoms with Crippen molar-refractivity contribution >= 4 is 0 Å². The van der Waals surface area contributed by atoms with Crippen LogP contribution in [0.25, 0.3) is 0 Å². The van der Waals surface area contributed by atoms with E-state index >= 15 is 0 Å². The van der Waals surface area contributed by atoms with Gasteiger partial charge >= 0.3 is 6.18 Å². The first-order chi connectivity index (χ1) is 9.36. The van der Waals surface area contributed by atoms with Gasteiger partial charge in [0.25, 0.3) is 0 Å². The Balaban J connectivity index is 1.95. The van der Waals surface area contributed by atoms with Gasteiger partial charge in [0, 0.05) is 12.6 Å². The topological polar surface area (TPSA) is 21.3 Å². The van der Waals surface area contributed by atoms with Crippen LogP contribution in [-0.4, -0.2) is 18.7 Å². The molecule has 1 atom stereocenters. The van der Waals surface area contributed by atoms with Gasteiger partial charge in [-0.2, -0.15) is 13.2 Å². The number of halogens is 3. The first-order valence-electron chi connectivity index (χ1n) is 6.93. The molecular formula is C15H20F3NO. The lowest BCUT2D eigenvalue weighted by Crippen LogP contribution is -2.36. The summed E-state index contributed by atoms with van der Waals surface area (Å²) in [4.78, 5) is 0. The zero-order valence-corrected chi connectivity index (χ0v) is 11.7. The van der Waals surface area contributed by atoms with Crippen molar-refractivity contribution in [3.8, 4) is 5.75 Å². The molecule has 1 aliphatic carbocycles. The van der Waals surface area contributed by atoms with Gasteiger partial charge in [0.2, 0.25) is 0 Å². The summed E-state index contributed by atoms with van der Waals surface area (Å²) in [6.45, 7) is 4.82. The fourth-order valence-corrected chi connectivity index (χ4v) is 1.88. The van der Waals surface area contributed by atoms with Crippen LogP contribution in [0.3, 0.4) is 0 Å². The van der Waals surface area contributed by atoms with Crippen molar-refractivity contribution in [2.24, 2.45) is 5.92 Å². The van der Waals surface area contributed by atoms with Crippen LogP contribution in [0.4, 0.5) is 13.2 Å². The Hall–Kier alpha value is -1.23. The minimum absolute atomic E-state index is 0.0349. The predicted molar refractivity (Wildman–Crippen MR) is 71.7 cm³/mol. The Bertz CT molecular complexity index is 424. The van der Waals surface area contributed by atoms with Gasteiger partial charge < -0.3 is 10.1 Å². The highest BCUT2D eigenvalue weighted by Gasteiger charge is 2.30. The van der Waals surface area contributed by atoms with Crippen LogP contribution >= 0.6 is 0 Å². The average Bonchev–Trinajstić information content (AvgIpc) is 3.17. The summed E-state index contributed by atoms with van der Waals surface area (Å²) in [7, 11) is 0. The van der Waals surface area contributed by atoms with E-state index in [2.05, 4.69) is 5.32 Å². The number of alkyl halides is 3. The molecule has 1 unspecified atom stereocenters. The first kappa shape index (κ1) is 15.2. The molecule has 0 saturated heterocycles. The van der Waals surface area contributed by atoms with E-state index in [0.717, 1.165) is 18.7 Å². The van der Waals surface area contributed by atoms with Gasteiger partial charge in [0.1, 0.15) is 11.9 Å². The molecule has 2 nitrogen and oxygen atoms in total. The molecule has 0 spiro atoms. The van der Waals surface area contributed by atoms with Gasteiger partial charge in [0.15, 0.2) is 0 Å². The monoisotopic (exact) mass is 287 g/mol. The number of rotatable bonds is 6. The second-order valence-corrected chi connectivity index (χ2v) is 5.60. The molecule has 1 N–H and O–H groups in total. The van der Waals surface area contributed by atoms with Gasteiger partial charge in [-0.05, 0) is 43.0 Å². The number of hydrogen-bond donors (Lipinski definition) is 1. The Morgan fingerprint density at radius 3 is 2.25 bits per heavy atom. The van der Waals surface area contributed by atoms with Crippen molar-refractivity contribution in [3.63, 3.8) is 0 Å². The highest BCUT2D eigenvalue weighted by molar-refractivity contribution is 5.29. The van der Waals surface area contributed by atoms with Gasteiger partial charge in [-0.25, -0.2) is 0 Å². The molecule has 5 heteroatoms. The SMILES string of the molecule is CC(C)C(CNC1CC1)Oc1ccc(C(F)(F)F)cc1. The summed E-state index contributed by atoms with van der Waals surface area (Å²) in [5.74, 6) is 0.776. The minimum Gasteiger partial charge on any atom is -0.489 e. The van der Waals surface area contributed by atoms with E-state index in [1.165, 1.54) is 25.0 Å². The molecular weight excluding hydrogens is 267 g/mol. The normalized spacial score (nSPS) is 17.3. The van der Waals surface area contributed by atoms with E-state index in [-0.39, 0.29) is 6.10 Å². The lowest BCUT2D eigenvalue weighted by Gasteiger charge is -2.23. The molecule has 2 rings (SSSR count). The van der Waals surface area contributed by atoms with E-state index in [1.807, 2.05) is 13.8 Å². The maximum atomic E-state index is 12.5. The minimum atomic E-state index is -4.30. The molecule has 0 aliphatic heterocycles. The van der Waals surface area contributed by atoms with Crippen molar-refractivity contribution in [1.82, 2.24) is 5.32 Å². The average molecular weight is 287 g/mol. The Kier molecular flexibility index (Phi) is 4.58. The third kappa shape index (κ3) is 4.40. The Labute approximate surface area is 117 Å². The van der Waals surface area contributed by atoms with E-state index in [4.69, 9.17) is 4.74 Å². The van der Waals surface area contributed by atoms with E-state index in [0.29, 0.717) is 17.7 Å². The summed E-state index contributed by atoms with van der Waals surface area (Å²) in [6.07, 6.45) is -1.94. The molecule has 0 bridgehead atoms. The zero-order chi connectivity index (χ0) is 14.8. The summed E-state index contributed by atoms with van der Waals surface area (Å²) in [6, 6.07) is 5.47. The van der Waals surface area contributed by atoms with Crippen molar-refractivity contribution < 1.29 is 17.9 Å². The highest BCUT2D eigenvalue weighted by atomic mass is 19.4. The molecule has 1 aromatic rings. The van der Waals surface area contributed by atoms with Crippen molar-refractivity contribution in [1.29, 1.82) is 0 Å². The molecule has 0 amide bonds. The lowest BCUT2D eigenvalue weighted by atomic mass is 10.1. The van der Waals surface area contributed by atoms with Crippen LogP contribution in [0.15, 0.2) is 24.3 Å². The maximum Gasteiger partial charge on any atom is 0.416 e. The smallest absolute Gasteiger partial charge is 0.416 e. The third-order valence-electron chi connectivity index (χ3n) is 3.40. The fraction of sp³-hybridized carbons (Fsp3) is 0.600. The number of nitrogens with one attached hydrogen (secondary N) is 1. The van der Waals surface area contributed by atoms with E-state index < -0.39 is 11.7 Å². The summed E-state index contributed by atoms with van der Waals surface area (Å²) < 4.78 is 43.2. The fourth-order valence-electron chi connectivity index (χ4n) is 1.88. The molecule has 1 saturated carbocycles. The largest absolute Gasteiger partial charge is 0.489 e. The van der Waals surface area contributed by atoms with Crippen LogP contribution in [0.2, 0.25) is 0 Å². The Morgan fingerprint density at radius 1 is 1.20 bits per heavy atom. The van der Waals surface area contributed by atoms with Gasteiger partial charge in [-0.1, -0.05) is 13.8 Å². The summed E-state index contributed by atoms with van der Waals surface area (Å²) in [5, 5.41) is 3.39. The van der Waals surface area contributed by atoms with Crippen LogP contribution in [0.5, 0.6) is 5.75 Å². The maximum absolute atomic E-state index is 12.5. The van der Waals surface area contributed by atoms with Crippen molar-refractivity contribution in [2.75, 3.05) is 6.54 Å². The summed E-state index contributed by atoms with van der Waals surface area (Å²) >= 11 is 0. The Morgan fingerprint density at radius 2 is 1.80 bits per heavy atom. The zero-order valence-electron chi connectivity index (χ0n) is 11.7. The van der Waals surface area contributed by atoms with E-state index in [9.17, 15) is 13.2 Å². The molecule has 0 aromatic heterocycles. The second kappa shape index (κ2) is 6.04. The molecule has 0 radical (unpaired) electrons. The van der Waals surface area contributed by atoms with E-state index in [1.54, 1.807) is 0 Å². The molecule has 1 aromatic carbocycles. The van der Waals surface area contributed by atoms with Crippen LogP contribution < -0.4 is 10.1 Å². The van der Waals surface area contributed by atoms with Crippen molar-refractivity contribution in [2.45, 2.75) is 45.0 Å². The lowest BCUT2D eigenvalue weighted by molar-refractivity contribution is -0.137. The number of ether oxygens (including phenoxy) is 1. The first-order valence-corrected chi connectivity index (χ1v) is 6.93. The van der Waals surface area contributed by atoms with Crippen molar-refractivity contribution in [3.05, 3.63) is 29.8 Å². The molecule has 1 aliphatic rings. The molecule has 0 heterocycles. The highest BCUT2D eigenvalue weighted by Crippen LogP contribution is 2.30. The van der Waals surface area contributed by atoms with Crippen LogP contribution in [0.1, 0.15) is 32.3 Å². The van der Waals surface area contributed by atoms with Gasteiger partial charge in [-0.15, -0.1) is 0 Å². The molecule has 1 fully saturated rings. The van der Waals surface area contributed by atoms with Gasteiger partial charge in [-0.3, -0.25) is 0 Å². The second-order valence-electron chi connectivity index (χ2n) is 5.60. The molecule has 112 valence electrons. The number of benzene rings is 1. The summed E-state index contributed by atoms with van der Waals surface area (Å²) in [5.41, 5.74) is -0.651. The number of hydrogen-bond acceptors (Lipinski definition) is 2. The predicted octanol–water partition coefficient (Wildman–Crippen LogP) is 3.86. The third-order valence-corrected chi connectivity index (χ3v) is 3.40. The molecule has 20 heavy (non-hydrogen) atoms. The van der Waals surface area contributed by atoms with Crippen LogP contribution in [0, 0.1) is 5.92 Å².